The molecule has 1 fully saturated rings. The highest BCUT2D eigenvalue weighted by Gasteiger charge is 2.34. The molecule has 0 bridgehead atoms. The minimum absolute atomic E-state index is 0.0155. The number of halogens is 1. The van der Waals surface area contributed by atoms with E-state index in [9.17, 15) is 4.79 Å². The maximum Gasteiger partial charge on any atom is 0.248 e. The maximum absolute atomic E-state index is 12.3. The lowest BCUT2D eigenvalue weighted by Gasteiger charge is -2.41. The first-order valence-corrected chi connectivity index (χ1v) is 11.7. The number of carbonyl (C=O) groups excluding carboxylic acids is 1. The van der Waals surface area contributed by atoms with Crippen LogP contribution in [-0.4, -0.2) is 86.6 Å². The molecule has 10 nitrogen and oxygen atoms in total. The van der Waals surface area contributed by atoms with Crippen molar-refractivity contribution < 1.29 is 9.53 Å². The second-order valence-corrected chi connectivity index (χ2v) is 9.00. The van der Waals surface area contributed by atoms with E-state index in [0.29, 0.717) is 44.1 Å². The Morgan fingerprint density at radius 3 is 2.88 bits per heavy atom. The van der Waals surface area contributed by atoms with Gasteiger partial charge in [-0.2, -0.15) is 0 Å². The van der Waals surface area contributed by atoms with Gasteiger partial charge in [0.05, 0.1) is 23.1 Å². The Kier molecular flexibility index (Phi) is 6.34. The lowest BCUT2D eigenvalue weighted by atomic mass is 9.87. The zero-order valence-corrected chi connectivity index (χ0v) is 19.9. The van der Waals surface area contributed by atoms with Crippen molar-refractivity contribution in [2.75, 3.05) is 45.2 Å². The summed E-state index contributed by atoms with van der Waals surface area (Å²) in [6, 6.07) is 3.91. The number of carbonyl (C=O) groups is 1. The average Bonchev–Trinajstić information content (AvgIpc) is 3.34. The van der Waals surface area contributed by atoms with Crippen molar-refractivity contribution in [1.29, 1.82) is 0 Å². The van der Waals surface area contributed by atoms with Gasteiger partial charge in [0.1, 0.15) is 18.5 Å². The maximum atomic E-state index is 12.3. The zero-order valence-electron chi connectivity index (χ0n) is 19.2. The largest absolute Gasteiger partial charge is 0.375 e. The number of piperazine rings is 1. The van der Waals surface area contributed by atoms with Crippen LogP contribution in [0.4, 0.5) is 5.82 Å². The number of aromatic nitrogens is 5. The molecule has 1 amide bonds. The zero-order chi connectivity index (χ0) is 23.7. The van der Waals surface area contributed by atoms with Crippen LogP contribution in [0.5, 0.6) is 0 Å². The van der Waals surface area contributed by atoms with Gasteiger partial charge in [-0.05, 0) is 30.5 Å². The summed E-state index contributed by atoms with van der Waals surface area (Å²) in [5.41, 5.74) is 5.56. The van der Waals surface area contributed by atoms with Gasteiger partial charge in [-0.1, -0.05) is 6.07 Å². The predicted octanol–water partition coefficient (Wildman–Crippen LogP) is 2.43. The first-order valence-electron chi connectivity index (χ1n) is 11.3. The fourth-order valence-electron chi connectivity index (χ4n) is 4.72. The SMILES string of the molecule is COCC(=O)N1CCN(C2=C(C(C)Nc3ncnc4nc[nH]c34)CC(Cl)c3cccnc32)CC1. The summed E-state index contributed by atoms with van der Waals surface area (Å²) in [7, 11) is 1.54. The van der Waals surface area contributed by atoms with E-state index < -0.39 is 0 Å². The molecule has 2 unspecified atom stereocenters. The molecule has 5 rings (SSSR count). The van der Waals surface area contributed by atoms with Crippen LogP contribution >= 0.6 is 11.6 Å². The third-order valence-corrected chi connectivity index (χ3v) is 6.81. The first-order chi connectivity index (χ1) is 16.6. The van der Waals surface area contributed by atoms with Gasteiger partial charge in [-0.25, -0.2) is 15.0 Å². The summed E-state index contributed by atoms with van der Waals surface area (Å²) >= 11 is 6.84. The average molecular weight is 483 g/mol. The Labute approximate surface area is 202 Å². The van der Waals surface area contributed by atoms with Crippen molar-refractivity contribution >= 4 is 40.2 Å². The first kappa shape index (κ1) is 22.5. The van der Waals surface area contributed by atoms with E-state index in [0.717, 1.165) is 28.0 Å². The Morgan fingerprint density at radius 1 is 1.26 bits per heavy atom. The quantitative estimate of drug-likeness (QED) is 0.515. The van der Waals surface area contributed by atoms with Crippen molar-refractivity contribution in [3.63, 3.8) is 0 Å². The molecule has 3 aromatic heterocycles. The molecule has 0 radical (unpaired) electrons. The Morgan fingerprint density at radius 2 is 2.09 bits per heavy atom. The van der Waals surface area contributed by atoms with Gasteiger partial charge in [0, 0.05) is 45.5 Å². The topological polar surface area (TPSA) is 112 Å². The number of nitrogens with one attached hydrogen (secondary N) is 2. The predicted molar refractivity (Wildman–Crippen MR) is 129 cm³/mol. The molecule has 2 aliphatic rings. The number of hydrogen-bond acceptors (Lipinski definition) is 8. The Balaban J connectivity index is 1.48. The number of aromatic amines is 1. The van der Waals surface area contributed by atoms with Crippen LogP contribution in [0.2, 0.25) is 0 Å². The number of pyridine rings is 1. The second-order valence-electron chi connectivity index (χ2n) is 8.48. The number of amides is 1. The van der Waals surface area contributed by atoms with Crippen molar-refractivity contribution in [3.05, 3.63) is 47.8 Å². The molecular formula is C23H27ClN8O2. The molecule has 3 aromatic rings. The van der Waals surface area contributed by atoms with Crippen LogP contribution in [0.1, 0.15) is 30.0 Å². The number of fused-ring (bicyclic) bond motifs is 2. The lowest BCUT2D eigenvalue weighted by Crippen LogP contribution is -2.49. The van der Waals surface area contributed by atoms with Crippen LogP contribution < -0.4 is 5.32 Å². The van der Waals surface area contributed by atoms with Gasteiger partial charge in [0.2, 0.25) is 5.91 Å². The van der Waals surface area contributed by atoms with Crippen molar-refractivity contribution in [1.82, 2.24) is 34.7 Å². The number of methoxy groups -OCH3 is 1. The van der Waals surface area contributed by atoms with E-state index in [-0.39, 0.29) is 23.9 Å². The summed E-state index contributed by atoms with van der Waals surface area (Å²) < 4.78 is 5.02. The summed E-state index contributed by atoms with van der Waals surface area (Å²) in [4.78, 5) is 37.2. The number of alkyl halides is 1. The van der Waals surface area contributed by atoms with E-state index in [4.69, 9.17) is 21.3 Å². The van der Waals surface area contributed by atoms with Crippen LogP contribution in [-0.2, 0) is 9.53 Å². The third-order valence-electron chi connectivity index (χ3n) is 6.42. The molecule has 0 spiro atoms. The molecule has 34 heavy (non-hydrogen) atoms. The molecule has 178 valence electrons. The standard InChI is InChI=1S/C23H27ClN8O2/c1-14(30-23-20-22(27-12-26-20)28-13-29-23)16-10-17(24)15-4-3-5-25-19(15)21(16)32-8-6-31(7-9-32)18(33)11-34-2/h3-5,12-14,17H,6-11H2,1-2H3,(H2,26,27,28,29,30). The van der Waals surface area contributed by atoms with Gasteiger partial charge >= 0.3 is 0 Å². The fourth-order valence-corrected chi connectivity index (χ4v) is 5.06. The molecule has 1 aliphatic carbocycles. The highest BCUT2D eigenvalue weighted by atomic mass is 35.5. The van der Waals surface area contributed by atoms with E-state index in [1.54, 1.807) is 19.6 Å². The molecule has 0 aromatic carbocycles. The van der Waals surface area contributed by atoms with Gasteiger partial charge in [0.25, 0.3) is 0 Å². The summed E-state index contributed by atoms with van der Waals surface area (Å²) in [6.45, 7) is 4.90. The van der Waals surface area contributed by atoms with E-state index >= 15 is 0 Å². The smallest absolute Gasteiger partial charge is 0.248 e. The van der Waals surface area contributed by atoms with Crippen LogP contribution in [0.3, 0.4) is 0 Å². The van der Waals surface area contributed by atoms with Crippen molar-refractivity contribution in [2.45, 2.75) is 24.8 Å². The van der Waals surface area contributed by atoms with E-state index in [1.807, 2.05) is 17.0 Å². The van der Waals surface area contributed by atoms with Crippen LogP contribution in [0.15, 0.2) is 36.6 Å². The second kappa shape index (κ2) is 9.55. The number of imidazole rings is 1. The molecular weight excluding hydrogens is 456 g/mol. The number of rotatable bonds is 6. The molecule has 2 atom stereocenters. The molecule has 1 aliphatic heterocycles. The summed E-state index contributed by atoms with van der Waals surface area (Å²) in [5, 5.41) is 3.36. The van der Waals surface area contributed by atoms with Crippen molar-refractivity contribution in [3.8, 4) is 0 Å². The Hall–Kier alpha value is -3.24. The van der Waals surface area contributed by atoms with Gasteiger partial charge in [-0.15, -0.1) is 11.6 Å². The van der Waals surface area contributed by atoms with Crippen LogP contribution in [0, 0.1) is 0 Å². The lowest BCUT2D eigenvalue weighted by molar-refractivity contribution is -0.136. The number of nitrogens with zero attached hydrogens (tertiary/aromatic N) is 6. The fraction of sp³-hybridized carbons (Fsp3) is 0.435. The minimum Gasteiger partial charge on any atom is -0.375 e. The molecule has 2 N–H and O–H groups in total. The third kappa shape index (κ3) is 4.19. The minimum atomic E-state index is -0.172. The highest BCUT2D eigenvalue weighted by molar-refractivity contribution is 6.21. The number of anilines is 1. The summed E-state index contributed by atoms with van der Waals surface area (Å²) in [6.07, 6.45) is 5.61. The normalized spacial score (nSPS) is 19.3. The van der Waals surface area contributed by atoms with Gasteiger partial charge < -0.3 is 24.8 Å². The molecule has 4 heterocycles. The van der Waals surface area contributed by atoms with Crippen molar-refractivity contribution in [2.24, 2.45) is 0 Å². The Bertz CT molecular complexity index is 1220. The monoisotopic (exact) mass is 482 g/mol. The van der Waals surface area contributed by atoms with Gasteiger partial charge in [-0.3, -0.25) is 9.78 Å². The number of hydrogen-bond donors (Lipinski definition) is 2. The number of H-pyrrole nitrogens is 1. The number of ether oxygens (including phenoxy) is 1. The van der Waals surface area contributed by atoms with Crippen LogP contribution in [0.25, 0.3) is 16.9 Å². The van der Waals surface area contributed by atoms with Gasteiger partial charge in [0.15, 0.2) is 11.5 Å². The molecule has 11 heteroatoms. The summed E-state index contributed by atoms with van der Waals surface area (Å²) in [5.74, 6) is 0.705. The highest BCUT2D eigenvalue weighted by Crippen LogP contribution is 2.43. The van der Waals surface area contributed by atoms with E-state index in [2.05, 4.69) is 37.1 Å². The molecule has 0 saturated carbocycles. The molecule has 1 saturated heterocycles. The van der Waals surface area contributed by atoms with E-state index in [1.165, 1.54) is 6.33 Å².